The van der Waals surface area contributed by atoms with Crippen LogP contribution >= 0.6 is 0 Å². The van der Waals surface area contributed by atoms with E-state index in [1.807, 2.05) is 0 Å². The molecule has 5 N–H and O–H groups in total. The minimum absolute atomic E-state index is 0.203. The number of nitrogens with two attached hydrogens (primary N) is 1. The van der Waals surface area contributed by atoms with E-state index >= 15 is 0 Å². The zero-order chi connectivity index (χ0) is 20.1. The van der Waals surface area contributed by atoms with Gasteiger partial charge in [-0.3, -0.25) is 9.59 Å². The molecule has 9 nitrogen and oxygen atoms in total. The van der Waals surface area contributed by atoms with Gasteiger partial charge in [0.2, 0.25) is 5.91 Å². The number of benzene rings is 1. The summed E-state index contributed by atoms with van der Waals surface area (Å²) in [7, 11) is 2.57. The van der Waals surface area contributed by atoms with Crippen LogP contribution < -0.4 is 16.0 Å². The van der Waals surface area contributed by atoms with E-state index in [1.165, 1.54) is 13.2 Å². The number of pyridine rings is 1. The largest absolute Gasteiger partial charge is 0.506 e. The highest BCUT2D eigenvalue weighted by atomic mass is 16.5. The lowest BCUT2D eigenvalue weighted by atomic mass is 9.86. The van der Waals surface area contributed by atoms with Crippen molar-refractivity contribution in [3.05, 3.63) is 57.0 Å². The number of rotatable bonds is 7. The van der Waals surface area contributed by atoms with Gasteiger partial charge >= 0.3 is 5.97 Å². The molecule has 0 saturated carbocycles. The fraction of sp³-hybridized carbons (Fsp3) is 0.278. The van der Waals surface area contributed by atoms with Crippen molar-refractivity contribution in [1.29, 1.82) is 0 Å². The van der Waals surface area contributed by atoms with Gasteiger partial charge in [0.25, 0.3) is 5.56 Å². The van der Waals surface area contributed by atoms with Crippen molar-refractivity contribution in [2.45, 2.75) is 18.9 Å². The van der Waals surface area contributed by atoms with Gasteiger partial charge in [-0.25, -0.2) is 4.79 Å². The number of H-pyrrole nitrogens is 1. The standard InChI is InChI=1S/C18H20N2O7/c1-26-13-4-3-9(5-10(13)8-21)11(6-14(19)22)15-16(23)12(18(25)27-2)7-20-17(15)24/h3-5,7,11,21H,6,8H2,1-2H3,(H2,19,22)(H2,20,23,24)/t11-/m1/s1. The third-order valence-corrected chi connectivity index (χ3v) is 4.14. The molecule has 0 radical (unpaired) electrons. The quantitative estimate of drug-likeness (QED) is 0.510. The number of primary amides is 1. The van der Waals surface area contributed by atoms with Crippen LogP contribution in [0.3, 0.4) is 0 Å². The number of esters is 1. The monoisotopic (exact) mass is 376 g/mol. The molecule has 0 aliphatic heterocycles. The highest BCUT2D eigenvalue weighted by Gasteiger charge is 2.27. The van der Waals surface area contributed by atoms with Crippen LogP contribution in [0.25, 0.3) is 0 Å². The Morgan fingerprint density at radius 3 is 2.56 bits per heavy atom. The zero-order valence-electron chi connectivity index (χ0n) is 14.8. The van der Waals surface area contributed by atoms with E-state index in [-0.39, 0.29) is 24.2 Å². The van der Waals surface area contributed by atoms with Crippen molar-refractivity contribution in [3.8, 4) is 11.5 Å². The number of nitrogens with one attached hydrogen (secondary N) is 1. The van der Waals surface area contributed by atoms with Gasteiger partial charge in [0.1, 0.15) is 17.1 Å². The van der Waals surface area contributed by atoms with E-state index in [4.69, 9.17) is 10.5 Å². The SMILES string of the molecule is COC(=O)c1c[nH]c(=O)c([C@H](CC(N)=O)c2ccc(OC)c(CO)c2)c1O. The van der Waals surface area contributed by atoms with E-state index in [1.54, 1.807) is 12.1 Å². The van der Waals surface area contributed by atoms with Gasteiger partial charge in [0, 0.05) is 24.1 Å². The van der Waals surface area contributed by atoms with Crippen molar-refractivity contribution in [3.63, 3.8) is 0 Å². The number of aromatic hydroxyl groups is 1. The number of carbonyl (C=O) groups is 2. The molecule has 0 aliphatic rings. The molecule has 1 heterocycles. The van der Waals surface area contributed by atoms with Gasteiger partial charge in [-0.15, -0.1) is 0 Å². The highest BCUT2D eigenvalue weighted by Crippen LogP contribution is 2.35. The summed E-state index contributed by atoms with van der Waals surface area (Å²) in [5, 5.41) is 20.0. The molecule has 2 rings (SSSR count). The molecule has 0 unspecified atom stereocenters. The summed E-state index contributed by atoms with van der Waals surface area (Å²) in [6, 6.07) is 4.68. The summed E-state index contributed by atoms with van der Waals surface area (Å²) in [6.07, 6.45) is 0.722. The van der Waals surface area contributed by atoms with E-state index in [9.17, 15) is 24.6 Å². The van der Waals surface area contributed by atoms with Gasteiger partial charge in [0.15, 0.2) is 0 Å². The molecule has 1 amide bonds. The van der Waals surface area contributed by atoms with Gasteiger partial charge in [-0.2, -0.15) is 0 Å². The van der Waals surface area contributed by atoms with Crippen LogP contribution in [0.1, 0.15) is 39.4 Å². The smallest absolute Gasteiger partial charge is 0.343 e. The minimum atomic E-state index is -0.952. The first-order valence-electron chi connectivity index (χ1n) is 7.92. The summed E-state index contributed by atoms with van der Waals surface area (Å²) >= 11 is 0. The molecule has 9 heteroatoms. The first-order chi connectivity index (χ1) is 12.8. The molecule has 2 aromatic rings. The normalized spacial score (nSPS) is 11.7. The van der Waals surface area contributed by atoms with Gasteiger partial charge < -0.3 is 30.4 Å². The molecule has 1 aromatic carbocycles. The fourth-order valence-electron chi connectivity index (χ4n) is 2.85. The van der Waals surface area contributed by atoms with Crippen LogP contribution in [0, 0.1) is 0 Å². The number of ether oxygens (including phenoxy) is 2. The second kappa shape index (κ2) is 8.37. The van der Waals surface area contributed by atoms with E-state index < -0.39 is 29.1 Å². The van der Waals surface area contributed by atoms with Crippen molar-refractivity contribution in [2.24, 2.45) is 5.73 Å². The molecule has 27 heavy (non-hydrogen) atoms. The number of aliphatic hydroxyl groups is 1. The Kier molecular flexibility index (Phi) is 6.19. The molecular weight excluding hydrogens is 356 g/mol. The summed E-state index contributed by atoms with van der Waals surface area (Å²) < 4.78 is 9.72. The lowest BCUT2D eigenvalue weighted by Crippen LogP contribution is -2.24. The lowest BCUT2D eigenvalue weighted by Gasteiger charge is -2.19. The Labute approximate surface area is 154 Å². The van der Waals surface area contributed by atoms with Crippen LogP contribution in [0.2, 0.25) is 0 Å². The zero-order valence-corrected chi connectivity index (χ0v) is 14.8. The number of aromatic nitrogens is 1. The number of aliphatic hydroxyl groups excluding tert-OH is 1. The van der Waals surface area contributed by atoms with Crippen molar-refractivity contribution in [1.82, 2.24) is 4.98 Å². The topological polar surface area (TPSA) is 152 Å². The molecule has 1 atom stereocenters. The number of hydrogen-bond acceptors (Lipinski definition) is 7. The summed E-state index contributed by atoms with van der Waals surface area (Å²) in [5.74, 6) is -2.71. The molecule has 0 fully saturated rings. The van der Waals surface area contributed by atoms with E-state index in [0.717, 1.165) is 13.3 Å². The number of hydrogen-bond donors (Lipinski definition) is 4. The maximum Gasteiger partial charge on any atom is 0.343 e. The van der Waals surface area contributed by atoms with Gasteiger partial charge in [0.05, 0.1) is 26.4 Å². The molecule has 0 bridgehead atoms. The second-order valence-corrected chi connectivity index (χ2v) is 5.74. The lowest BCUT2D eigenvalue weighted by molar-refractivity contribution is -0.118. The minimum Gasteiger partial charge on any atom is -0.506 e. The second-order valence-electron chi connectivity index (χ2n) is 5.74. The predicted octanol–water partition coefficient (Wildman–Crippen LogP) is 0.375. The number of amides is 1. The summed E-state index contributed by atoms with van der Waals surface area (Å²) in [4.78, 5) is 38.2. The Morgan fingerprint density at radius 1 is 1.30 bits per heavy atom. The fourth-order valence-corrected chi connectivity index (χ4v) is 2.85. The number of aromatic amines is 1. The van der Waals surface area contributed by atoms with Crippen LogP contribution in [0.4, 0.5) is 0 Å². The van der Waals surface area contributed by atoms with Gasteiger partial charge in [-0.05, 0) is 17.7 Å². The Bertz CT molecular complexity index is 920. The first kappa shape index (κ1) is 20.0. The molecule has 1 aromatic heterocycles. The summed E-state index contributed by atoms with van der Waals surface area (Å²) in [5.41, 5.74) is 5.03. The average Bonchev–Trinajstić information content (AvgIpc) is 2.65. The van der Waals surface area contributed by atoms with Crippen LogP contribution in [-0.4, -0.2) is 41.3 Å². The van der Waals surface area contributed by atoms with E-state index in [2.05, 4.69) is 9.72 Å². The van der Waals surface area contributed by atoms with Crippen molar-refractivity contribution in [2.75, 3.05) is 14.2 Å². The van der Waals surface area contributed by atoms with E-state index in [0.29, 0.717) is 16.9 Å². The Balaban J connectivity index is 2.70. The van der Waals surface area contributed by atoms with Crippen LogP contribution in [0.15, 0.2) is 29.2 Å². The molecule has 0 saturated heterocycles. The van der Waals surface area contributed by atoms with Crippen LogP contribution in [0.5, 0.6) is 11.5 Å². The third-order valence-electron chi connectivity index (χ3n) is 4.14. The molecule has 0 aliphatic carbocycles. The van der Waals surface area contributed by atoms with Crippen molar-refractivity contribution >= 4 is 11.9 Å². The first-order valence-corrected chi connectivity index (χ1v) is 7.92. The molecule has 144 valence electrons. The molecular formula is C18H20N2O7. The highest BCUT2D eigenvalue weighted by molar-refractivity contribution is 5.92. The Morgan fingerprint density at radius 2 is 2.00 bits per heavy atom. The maximum atomic E-state index is 12.4. The number of methoxy groups -OCH3 is 2. The predicted molar refractivity (Wildman–Crippen MR) is 94.6 cm³/mol. The van der Waals surface area contributed by atoms with Crippen LogP contribution in [-0.2, 0) is 16.1 Å². The van der Waals surface area contributed by atoms with Gasteiger partial charge in [-0.1, -0.05) is 6.07 Å². The average molecular weight is 376 g/mol. The summed E-state index contributed by atoms with van der Waals surface area (Å²) in [6.45, 7) is -0.342. The van der Waals surface area contributed by atoms with Crippen molar-refractivity contribution < 1.29 is 29.3 Å². The number of carbonyl (C=O) groups excluding carboxylic acids is 2. The molecule has 0 spiro atoms. The third kappa shape index (κ3) is 4.09. The Hall–Kier alpha value is -3.33. The maximum absolute atomic E-state index is 12.4.